The number of pyridine rings is 1. The van der Waals surface area contributed by atoms with Crippen LogP contribution in [0.4, 0.5) is 10.6 Å². The number of nitrogens with one attached hydrogen (secondary N) is 1. The van der Waals surface area contributed by atoms with Crippen LogP contribution in [0.1, 0.15) is 19.8 Å². The minimum Gasteiger partial charge on any atom is -0.449 e. The van der Waals surface area contributed by atoms with Crippen molar-refractivity contribution in [2.24, 2.45) is 0 Å². The summed E-state index contributed by atoms with van der Waals surface area (Å²) in [6.45, 7) is 2.44. The summed E-state index contributed by atoms with van der Waals surface area (Å²) >= 11 is 0. The Balaban J connectivity index is 2.01. The fourth-order valence-corrected chi connectivity index (χ4v) is 1.52. The number of anilines is 1. The number of carbonyl (C=O) groups is 1. The molecule has 0 saturated carbocycles. The summed E-state index contributed by atoms with van der Waals surface area (Å²) in [5, 5.41) is 2.58. The van der Waals surface area contributed by atoms with Crippen LogP contribution in [0.15, 0.2) is 36.8 Å². The first-order valence-corrected chi connectivity index (χ1v) is 6.47. The Labute approximate surface area is 117 Å². The number of rotatable bonds is 5. The zero-order valence-electron chi connectivity index (χ0n) is 11.2. The van der Waals surface area contributed by atoms with Gasteiger partial charge in [-0.15, -0.1) is 0 Å². The van der Waals surface area contributed by atoms with Gasteiger partial charge in [0, 0.05) is 24.2 Å². The summed E-state index contributed by atoms with van der Waals surface area (Å²) in [5.41, 5.74) is 0.836. The van der Waals surface area contributed by atoms with Crippen LogP contribution in [0.2, 0.25) is 0 Å². The molecule has 0 radical (unpaired) electrons. The maximum atomic E-state index is 11.5. The van der Waals surface area contributed by atoms with E-state index in [2.05, 4.69) is 20.3 Å². The van der Waals surface area contributed by atoms with Gasteiger partial charge in [0.1, 0.15) is 5.82 Å². The lowest BCUT2D eigenvalue weighted by atomic mass is 10.2. The zero-order valence-corrected chi connectivity index (χ0v) is 11.2. The lowest BCUT2D eigenvalue weighted by Gasteiger charge is -2.06. The molecular formula is C14H16N4O2. The van der Waals surface area contributed by atoms with Gasteiger partial charge in [-0.3, -0.25) is 10.3 Å². The second kappa shape index (κ2) is 7.18. The molecule has 0 aromatic carbocycles. The van der Waals surface area contributed by atoms with Crippen molar-refractivity contribution in [3.8, 4) is 11.4 Å². The molecule has 0 aliphatic heterocycles. The van der Waals surface area contributed by atoms with Crippen LogP contribution < -0.4 is 5.32 Å². The Kier molecular flexibility index (Phi) is 5.00. The van der Waals surface area contributed by atoms with Gasteiger partial charge in [-0.1, -0.05) is 13.3 Å². The van der Waals surface area contributed by atoms with Crippen LogP contribution in [-0.4, -0.2) is 27.7 Å². The highest BCUT2D eigenvalue weighted by Crippen LogP contribution is 2.14. The highest BCUT2D eigenvalue weighted by atomic mass is 16.5. The van der Waals surface area contributed by atoms with E-state index in [-0.39, 0.29) is 0 Å². The molecule has 0 spiro atoms. The van der Waals surface area contributed by atoms with E-state index >= 15 is 0 Å². The van der Waals surface area contributed by atoms with Gasteiger partial charge in [0.25, 0.3) is 0 Å². The monoisotopic (exact) mass is 272 g/mol. The average Bonchev–Trinajstić information content (AvgIpc) is 2.49. The topological polar surface area (TPSA) is 77.0 Å². The second-order valence-electron chi connectivity index (χ2n) is 4.12. The fourth-order valence-electron chi connectivity index (χ4n) is 1.52. The standard InChI is InChI=1S/C14H16N4O2/c1-2-3-10-20-14(19)18-12-6-9-16-13(17-12)11-4-7-15-8-5-11/h4-9H,2-3,10H2,1H3,(H,16,17,18,19). The third-order valence-electron chi connectivity index (χ3n) is 2.56. The molecule has 0 saturated heterocycles. The third kappa shape index (κ3) is 4.01. The maximum absolute atomic E-state index is 11.5. The van der Waals surface area contributed by atoms with Crippen molar-refractivity contribution < 1.29 is 9.53 Å². The Hall–Kier alpha value is -2.50. The van der Waals surface area contributed by atoms with Crippen molar-refractivity contribution in [3.05, 3.63) is 36.8 Å². The first-order valence-electron chi connectivity index (χ1n) is 6.47. The molecule has 6 nitrogen and oxygen atoms in total. The van der Waals surface area contributed by atoms with E-state index in [0.29, 0.717) is 18.2 Å². The lowest BCUT2D eigenvalue weighted by molar-refractivity contribution is 0.160. The van der Waals surface area contributed by atoms with E-state index in [9.17, 15) is 4.79 Å². The number of aromatic nitrogens is 3. The van der Waals surface area contributed by atoms with Crippen LogP contribution in [0, 0.1) is 0 Å². The lowest BCUT2D eigenvalue weighted by Crippen LogP contribution is -2.15. The number of unbranched alkanes of at least 4 members (excludes halogenated alkanes) is 1. The molecule has 0 atom stereocenters. The summed E-state index contributed by atoms with van der Waals surface area (Å²) in [5.74, 6) is 0.937. The second-order valence-corrected chi connectivity index (χ2v) is 4.12. The average molecular weight is 272 g/mol. The molecule has 20 heavy (non-hydrogen) atoms. The Morgan fingerprint density at radius 2 is 2.05 bits per heavy atom. The molecule has 1 amide bonds. The minimum absolute atomic E-state index is 0.407. The predicted molar refractivity (Wildman–Crippen MR) is 75.1 cm³/mol. The largest absolute Gasteiger partial charge is 0.449 e. The quantitative estimate of drug-likeness (QED) is 0.847. The molecule has 2 aromatic heterocycles. The van der Waals surface area contributed by atoms with Crippen LogP contribution in [0.25, 0.3) is 11.4 Å². The number of carbonyl (C=O) groups excluding carboxylic acids is 1. The zero-order chi connectivity index (χ0) is 14.2. The molecule has 0 bridgehead atoms. The predicted octanol–water partition coefficient (Wildman–Crippen LogP) is 2.89. The van der Waals surface area contributed by atoms with Gasteiger partial charge in [0.15, 0.2) is 5.82 Å². The van der Waals surface area contributed by atoms with Crippen molar-refractivity contribution >= 4 is 11.9 Å². The van der Waals surface area contributed by atoms with Crippen LogP contribution in [-0.2, 0) is 4.74 Å². The molecule has 2 aromatic rings. The van der Waals surface area contributed by atoms with Gasteiger partial charge in [-0.2, -0.15) is 0 Å². The SMILES string of the molecule is CCCCOC(=O)Nc1ccnc(-c2ccncc2)n1. The van der Waals surface area contributed by atoms with Crippen molar-refractivity contribution in [1.29, 1.82) is 0 Å². The van der Waals surface area contributed by atoms with E-state index in [1.54, 1.807) is 36.8 Å². The number of nitrogens with zero attached hydrogens (tertiary/aromatic N) is 3. The molecular weight excluding hydrogens is 256 g/mol. The van der Waals surface area contributed by atoms with Crippen molar-refractivity contribution in [2.45, 2.75) is 19.8 Å². The maximum Gasteiger partial charge on any atom is 0.412 e. The van der Waals surface area contributed by atoms with Gasteiger partial charge >= 0.3 is 6.09 Å². The molecule has 0 unspecified atom stereocenters. The summed E-state index contributed by atoms with van der Waals surface area (Å²) in [4.78, 5) is 23.9. The molecule has 2 rings (SSSR count). The van der Waals surface area contributed by atoms with E-state index in [4.69, 9.17) is 4.74 Å². The molecule has 0 fully saturated rings. The summed E-state index contributed by atoms with van der Waals surface area (Å²) in [7, 11) is 0. The third-order valence-corrected chi connectivity index (χ3v) is 2.56. The van der Waals surface area contributed by atoms with Crippen molar-refractivity contribution in [2.75, 3.05) is 11.9 Å². The molecule has 6 heteroatoms. The Morgan fingerprint density at radius 3 is 2.80 bits per heavy atom. The highest BCUT2D eigenvalue weighted by Gasteiger charge is 2.06. The molecule has 1 N–H and O–H groups in total. The van der Waals surface area contributed by atoms with Crippen LogP contribution in [0.3, 0.4) is 0 Å². The number of hydrogen-bond donors (Lipinski definition) is 1. The summed E-state index contributed by atoms with van der Waals surface area (Å²) in [6, 6.07) is 5.23. The Morgan fingerprint density at radius 1 is 1.25 bits per heavy atom. The summed E-state index contributed by atoms with van der Waals surface area (Å²) in [6.07, 6.45) is 6.24. The van der Waals surface area contributed by atoms with Crippen molar-refractivity contribution in [3.63, 3.8) is 0 Å². The molecule has 2 heterocycles. The van der Waals surface area contributed by atoms with E-state index in [1.807, 2.05) is 6.92 Å². The van der Waals surface area contributed by atoms with E-state index < -0.39 is 6.09 Å². The van der Waals surface area contributed by atoms with E-state index in [1.165, 1.54) is 0 Å². The van der Waals surface area contributed by atoms with Crippen molar-refractivity contribution in [1.82, 2.24) is 15.0 Å². The Bertz CT molecular complexity index is 560. The smallest absolute Gasteiger partial charge is 0.412 e. The number of hydrogen-bond acceptors (Lipinski definition) is 5. The summed E-state index contributed by atoms with van der Waals surface area (Å²) < 4.78 is 5.01. The normalized spacial score (nSPS) is 10.1. The molecule has 0 aliphatic rings. The van der Waals surface area contributed by atoms with Gasteiger partial charge in [0.05, 0.1) is 6.61 Å². The highest BCUT2D eigenvalue weighted by molar-refractivity contribution is 5.83. The van der Waals surface area contributed by atoms with Gasteiger partial charge in [0.2, 0.25) is 0 Å². The number of amides is 1. The van der Waals surface area contributed by atoms with E-state index in [0.717, 1.165) is 18.4 Å². The minimum atomic E-state index is -0.502. The van der Waals surface area contributed by atoms with Crippen LogP contribution >= 0.6 is 0 Å². The molecule has 0 aliphatic carbocycles. The van der Waals surface area contributed by atoms with Gasteiger partial charge in [-0.25, -0.2) is 14.8 Å². The fraction of sp³-hybridized carbons (Fsp3) is 0.286. The van der Waals surface area contributed by atoms with Gasteiger partial charge in [-0.05, 0) is 24.6 Å². The van der Waals surface area contributed by atoms with Crippen LogP contribution in [0.5, 0.6) is 0 Å². The first kappa shape index (κ1) is 13.9. The van der Waals surface area contributed by atoms with Gasteiger partial charge < -0.3 is 4.74 Å². The first-order chi connectivity index (χ1) is 9.79. The number of ether oxygens (including phenoxy) is 1. The molecule has 104 valence electrons.